The third-order valence-corrected chi connectivity index (χ3v) is 3.08. The number of phenols is 1. The lowest BCUT2D eigenvalue weighted by Crippen LogP contribution is -2.17. The van der Waals surface area contributed by atoms with Gasteiger partial charge in [-0.2, -0.15) is 0 Å². The van der Waals surface area contributed by atoms with Gasteiger partial charge in [0.15, 0.2) is 0 Å². The molecule has 0 spiro atoms. The number of hydrogen-bond acceptors (Lipinski definition) is 1. The molecule has 0 radical (unpaired) electrons. The molecule has 1 aromatic rings. The lowest BCUT2D eigenvalue weighted by molar-refractivity contribution is 0.469. The zero-order valence-corrected chi connectivity index (χ0v) is 9.59. The van der Waals surface area contributed by atoms with E-state index in [0.29, 0.717) is 5.75 Å². The van der Waals surface area contributed by atoms with Gasteiger partial charge in [-0.3, -0.25) is 0 Å². The number of aromatic hydroxyl groups is 1. The summed E-state index contributed by atoms with van der Waals surface area (Å²) in [5.74, 6) is 0.373. The molecule has 1 aromatic carbocycles. The summed E-state index contributed by atoms with van der Waals surface area (Å²) in [6.45, 7) is 8.83. The van der Waals surface area contributed by atoms with Crippen LogP contribution < -0.4 is 0 Å². The van der Waals surface area contributed by atoms with Gasteiger partial charge in [0.2, 0.25) is 0 Å². The van der Waals surface area contributed by atoms with Crippen LogP contribution in [0.1, 0.15) is 45.2 Å². The van der Waals surface area contributed by atoms with Gasteiger partial charge in [0.25, 0.3) is 0 Å². The van der Waals surface area contributed by atoms with Crippen LogP contribution in [0.15, 0.2) is 18.2 Å². The van der Waals surface area contributed by atoms with E-state index in [2.05, 4.69) is 33.8 Å². The Labute approximate surface area is 86.8 Å². The molecule has 0 unspecified atom stereocenters. The summed E-state index contributed by atoms with van der Waals surface area (Å²) in [5.41, 5.74) is 2.83. The fourth-order valence-electron chi connectivity index (χ4n) is 1.72. The fraction of sp³-hybridized carbons (Fsp3) is 0.538. The lowest BCUT2D eigenvalue weighted by Gasteiger charge is -2.26. The second-order valence-electron chi connectivity index (χ2n) is 4.43. The molecule has 0 amide bonds. The van der Waals surface area contributed by atoms with Gasteiger partial charge in [0.05, 0.1) is 0 Å². The van der Waals surface area contributed by atoms with Gasteiger partial charge in [-0.15, -0.1) is 0 Å². The molecular formula is C13H20O. The summed E-state index contributed by atoms with van der Waals surface area (Å²) in [5, 5.41) is 9.41. The maximum atomic E-state index is 9.41. The predicted molar refractivity (Wildman–Crippen MR) is 60.8 cm³/mol. The van der Waals surface area contributed by atoms with Crippen molar-refractivity contribution >= 4 is 0 Å². The SMILES string of the molecule is CCc1cc(O)ccc1C(C)(C)CC. The van der Waals surface area contributed by atoms with Crippen molar-refractivity contribution in [2.24, 2.45) is 0 Å². The average Bonchev–Trinajstić information content (AvgIpc) is 2.17. The highest BCUT2D eigenvalue weighted by Crippen LogP contribution is 2.31. The van der Waals surface area contributed by atoms with Crippen LogP contribution in [0.25, 0.3) is 0 Å². The van der Waals surface area contributed by atoms with Crippen molar-refractivity contribution < 1.29 is 5.11 Å². The molecule has 0 aliphatic rings. The zero-order chi connectivity index (χ0) is 10.8. The third-order valence-electron chi connectivity index (χ3n) is 3.08. The largest absolute Gasteiger partial charge is 0.508 e. The van der Waals surface area contributed by atoms with Crippen LogP contribution in [-0.4, -0.2) is 5.11 Å². The number of hydrogen-bond donors (Lipinski definition) is 1. The first-order valence-corrected chi connectivity index (χ1v) is 5.33. The van der Waals surface area contributed by atoms with Crippen molar-refractivity contribution in [3.63, 3.8) is 0 Å². The molecule has 0 fully saturated rings. The quantitative estimate of drug-likeness (QED) is 0.775. The van der Waals surface area contributed by atoms with Crippen molar-refractivity contribution in [3.8, 4) is 5.75 Å². The van der Waals surface area contributed by atoms with Gasteiger partial charge in [0.1, 0.15) is 5.75 Å². The van der Waals surface area contributed by atoms with E-state index in [4.69, 9.17) is 0 Å². The normalized spacial score (nSPS) is 11.7. The maximum absolute atomic E-state index is 9.41. The van der Waals surface area contributed by atoms with E-state index in [1.54, 1.807) is 6.07 Å². The summed E-state index contributed by atoms with van der Waals surface area (Å²) >= 11 is 0. The van der Waals surface area contributed by atoms with Crippen LogP contribution in [0, 0.1) is 0 Å². The van der Waals surface area contributed by atoms with Crippen LogP contribution in [0.4, 0.5) is 0 Å². The van der Waals surface area contributed by atoms with Crippen LogP contribution >= 0.6 is 0 Å². The molecule has 0 heterocycles. The maximum Gasteiger partial charge on any atom is 0.115 e. The lowest BCUT2D eigenvalue weighted by atomic mass is 9.79. The van der Waals surface area contributed by atoms with E-state index in [9.17, 15) is 5.11 Å². The van der Waals surface area contributed by atoms with Gasteiger partial charge in [-0.25, -0.2) is 0 Å². The Kier molecular flexibility index (Phi) is 3.20. The molecule has 0 aliphatic carbocycles. The Morgan fingerprint density at radius 2 is 1.86 bits per heavy atom. The molecular weight excluding hydrogens is 172 g/mol. The van der Waals surface area contributed by atoms with E-state index in [1.165, 1.54) is 11.1 Å². The van der Waals surface area contributed by atoms with E-state index >= 15 is 0 Å². The molecule has 1 nitrogen and oxygen atoms in total. The average molecular weight is 192 g/mol. The molecule has 0 saturated carbocycles. The predicted octanol–water partition coefficient (Wildman–Crippen LogP) is 3.64. The second kappa shape index (κ2) is 4.04. The molecule has 78 valence electrons. The molecule has 0 saturated heterocycles. The Morgan fingerprint density at radius 1 is 1.21 bits per heavy atom. The monoisotopic (exact) mass is 192 g/mol. The van der Waals surface area contributed by atoms with Gasteiger partial charge >= 0.3 is 0 Å². The minimum absolute atomic E-state index is 0.207. The Morgan fingerprint density at radius 3 is 2.36 bits per heavy atom. The van der Waals surface area contributed by atoms with Gasteiger partial charge in [0, 0.05) is 0 Å². The molecule has 0 atom stereocenters. The van der Waals surface area contributed by atoms with Crippen molar-refractivity contribution in [2.75, 3.05) is 0 Å². The first kappa shape index (κ1) is 11.1. The molecule has 0 aromatic heterocycles. The first-order chi connectivity index (χ1) is 6.51. The molecule has 1 N–H and O–H groups in total. The summed E-state index contributed by atoms with van der Waals surface area (Å²) < 4.78 is 0. The third kappa shape index (κ3) is 2.09. The summed E-state index contributed by atoms with van der Waals surface area (Å²) in [7, 11) is 0. The summed E-state index contributed by atoms with van der Waals surface area (Å²) in [6.07, 6.45) is 2.10. The highest BCUT2D eigenvalue weighted by Gasteiger charge is 2.20. The molecule has 0 aliphatic heterocycles. The standard InChI is InChI=1S/C13H20O/c1-5-10-9-11(14)7-8-12(10)13(3,4)6-2/h7-9,14H,5-6H2,1-4H3. The summed E-state index contributed by atoms with van der Waals surface area (Å²) in [4.78, 5) is 0. The topological polar surface area (TPSA) is 20.2 Å². The van der Waals surface area contributed by atoms with Crippen LogP contribution in [-0.2, 0) is 11.8 Å². The van der Waals surface area contributed by atoms with E-state index in [-0.39, 0.29) is 5.41 Å². The number of aryl methyl sites for hydroxylation is 1. The molecule has 1 heteroatoms. The number of rotatable bonds is 3. The van der Waals surface area contributed by atoms with Gasteiger partial charge in [-0.1, -0.05) is 33.8 Å². The smallest absolute Gasteiger partial charge is 0.115 e. The number of benzene rings is 1. The van der Waals surface area contributed by atoms with Crippen LogP contribution in [0.3, 0.4) is 0 Å². The first-order valence-electron chi connectivity index (χ1n) is 5.33. The summed E-state index contributed by atoms with van der Waals surface area (Å²) in [6, 6.07) is 5.72. The van der Waals surface area contributed by atoms with Crippen LogP contribution in [0.5, 0.6) is 5.75 Å². The van der Waals surface area contributed by atoms with Crippen LogP contribution in [0.2, 0.25) is 0 Å². The highest BCUT2D eigenvalue weighted by atomic mass is 16.3. The Bertz CT molecular complexity index is 313. The molecule has 14 heavy (non-hydrogen) atoms. The van der Waals surface area contributed by atoms with E-state index < -0.39 is 0 Å². The zero-order valence-electron chi connectivity index (χ0n) is 9.59. The molecule has 0 bridgehead atoms. The van der Waals surface area contributed by atoms with E-state index in [1.807, 2.05) is 6.07 Å². The van der Waals surface area contributed by atoms with Gasteiger partial charge < -0.3 is 5.11 Å². The Hall–Kier alpha value is -0.980. The minimum Gasteiger partial charge on any atom is -0.508 e. The van der Waals surface area contributed by atoms with Gasteiger partial charge in [-0.05, 0) is 41.5 Å². The minimum atomic E-state index is 0.207. The van der Waals surface area contributed by atoms with E-state index in [0.717, 1.165) is 12.8 Å². The number of phenolic OH excluding ortho intramolecular Hbond substituents is 1. The Balaban J connectivity index is 3.20. The van der Waals surface area contributed by atoms with Crippen molar-refractivity contribution in [2.45, 2.75) is 46.0 Å². The fourth-order valence-corrected chi connectivity index (χ4v) is 1.72. The van der Waals surface area contributed by atoms with Crippen molar-refractivity contribution in [1.29, 1.82) is 0 Å². The van der Waals surface area contributed by atoms with Crippen molar-refractivity contribution in [1.82, 2.24) is 0 Å². The highest BCUT2D eigenvalue weighted by molar-refractivity contribution is 5.39. The molecule has 1 rings (SSSR count). The second-order valence-corrected chi connectivity index (χ2v) is 4.43. The van der Waals surface area contributed by atoms with Crippen molar-refractivity contribution in [3.05, 3.63) is 29.3 Å².